The highest BCUT2D eigenvalue weighted by Gasteiger charge is 2.07. The minimum atomic E-state index is -0.419. The molecule has 0 saturated heterocycles. The van der Waals surface area contributed by atoms with Crippen LogP contribution in [-0.2, 0) is 6.42 Å². The molecule has 14 heavy (non-hydrogen) atoms. The molecule has 2 rings (SSSR count). The number of hydrogen-bond donors (Lipinski definition) is 2. The minimum Gasteiger partial charge on any atom is -0.408 e. The molecule has 1 aromatic carbocycles. The molecule has 0 bridgehead atoms. The molecule has 74 valence electrons. The average molecular weight is 192 g/mol. The second kappa shape index (κ2) is 3.31. The van der Waals surface area contributed by atoms with Gasteiger partial charge >= 0.3 is 5.76 Å². The van der Waals surface area contributed by atoms with Crippen molar-refractivity contribution < 1.29 is 4.42 Å². The third-order valence-electron chi connectivity index (χ3n) is 2.07. The number of nitrogens with two attached hydrogens (primary N) is 1. The smallest absolute Gasteiger partial charge is 0.408 e. The molecule has 2 aromatic rings. The number of H-pyrrole nitrogens is 1. The minimum absolute atomic E-state index is 0.0563. The van der Waals surface area contributed by atoms with Gasteiger partial charge < -0.3 is 10.2 Å². The average Bonchev–Trinajstić information content (AvgIpc) is 2.45. The lowest BCUT2D eigenvalue weighted by Gasteiger charge is -2.04. The zero-order valence-electron chi connectivity index (χ0n) is 7.91. The lowest BCUT2D eigenvalue weighted by atomic mass is 10.1. The van der Waals surface area contributed by atoms with Crippen molar-refractivity contribution in [3.8, 4) is 0 Å². The fraction of sp³-hybridized carbons (Fsp3) is 0.300. The molecule has 1 atom stereocenters. The van der Waals surface area contributed by atoms with E-state index >= 15 is 0 Å². The highest BCUT2D eigenvalue weighted by molar-refractivity contribution is 5.75. The Morgan fingerprint density at radius 2 is 2.36 bits per heavy atom. The highest BCUT2D eigenvalue weighted by atomic mass is 16.4. The van der Waals surface area contributed by atoms with Gasteiger partial charge in [0.15, 0.2) is 5.58 Å². The van der Waals surface area contributed by atoms with Crippen LogP contribution < -0.4 is 11.5 Å². The van der Waals surface area contributed by atoms with Gasteiger partial charge in [0, 0.05) is 6.04 Å². The topological polar surface area (TPSA) is 72.0 Å². The molecule has 0 amide bonds. The number of para-hydroxylation sites is 1. The highest BCUT2D eigenvalue weighted by Crippen LogP contribution is 2.16. The Labute approximate surface area is 80.7 Å². The molecule has 0 aliphatic heterocycles. The van der Waals surface area contributed by atoms with Crippen molar-refractivity contribution in [1.29, 1.82) is 0 Å². The van der Waals surface area contributed by atoms with Crippen LogP contribution in [0.5, 0.6) is 0 Å². The summed E-state index contributed by atoms with van der Waals surface area (Å²) in [5.41, 5.74) is 8.01. The first-order valence-corrected chi connectivity index (χ1v) is 4.53. The molecule has 1 aromatic heterocycles. The van der Waals surface area contributed by atoms with Crippen molar-refractivity contribution in [3.05, 3.63) is 34.3 Å². The van der Waals surface area contributed by atoms with E-state index in [1.165, 1.54) is 0 Å². The van der Waals surface area contributed by atoms with Crippen molar-refractivity contribution in [1.82, 2.24) is 4.98 Å². The van der Waals surface area contributed by atoms with Gasteiger partial charge in [0.1, 0.15) is 0 Å². The third kappa shape index (κ3) is 1.56. The Hall–Kier alpha value is -1.55. The number of hydrogen-bond acceptors (Lipinski definition) is 3. The van der Waals surface area contributed by atoms with Gasteiger partial charge in [-0.3, -0.25) is 4.98 Å². The first-order chi connectivity index (χ1) is 6.66. The number of oxazole rings is 1. The second-order valence-corrected chi connectivity index (χ2v) is 3.49. The summed E-state index contributed by atoms with van der Waals surface area (Å²) in [7, 11) is 0. The first kappa shape index (κ1) is 9.02. The maximum atomic E-state index is 11.0. The quantitative estimate of drug-likeness (QED) is 0.745. The van der Waals surface area contributed by atoms with E-state index in [1.807, 2.05) is 25.1 Å². The van der Waals surface area contributed by atoms with E-state index in [-0.39, 0.29) is 6.04 Å². The van der Waals surface area contributed by atoms with Gasteiger partial charge in [-0.25, -0.2) is 4.79 Å². The zero-order valence-corrected chi connectivity index (χ0v) is 7.91. The predicted octanol–water partition coefficient (Wildman–Crippen LogP) is 1.01. The number of nitrogens with one attached hydrogen (secondary N) is 1. The van der Waals surface area contributed by atoms with Gasteiger partial charge in [0.25, 0.3) is 0 Å². The van der Waals surface area contributed by atoms with Crippen molar-refractivity contribution in [2.75, 3.05) is 0 Å². The van der Waals surface area contributed by atoms with E-state index in [2.05, 4.69) is 4.98 Å². The number of aromatic nitrogens is 1. The van der Waals surface area contributed by atoms with Crippen LogP contribution in [0.25, 0.3) is 11.1 Å². The van der Waals surface area contributed by atoms with Gasteiger partial charge in [-0.05, 0) is 25.0 Å². The number of fused-ring (bicyclic) bond motifs is 1. The maximum absolute atomic E-state index is 11.0. The van der Waals surface area contributed by atoms with E-state index in [0.29, 0.717) is 12.0 Å². The van der Waals surface area contributed by atoms with Crippen molar-refractivity contribution in [3.63, 3.8) is 0 Å². The lowest BCUT2D eigenvalue weighted by Crippen LogP contribution is -2.17. The van der Waals surface area contributed by atoms with E-state index in [9.17, 15) is 4.79 Å². The Morgan fingerprint density at radius 1 is 1.57 bits per heavy atom. The third-order valence-corrected chi connectivity index (χ3v) is 2.07. The summed E-state index contributed by atoms with van der Waals surface area (Å²) >= 11 is 0. The van der Waals surface area contributed by atoms with Crippen molar-refractivity contribution >= 4 is 11.1 Å². The summed E-state index contributed by atoms with van der Waals surface area (Å²) in [5, 5.41) is 0. The van der Waals surface area contributed by atoms with Crippen molar-refractivity contribution in [2.24, 2.45) is 5.73 Å². The van der Waals surface area contributed by atoms with E-state index < -0.39 is 5.76 Å². The number of aromatic amines is 1. The zero-order chi connectivity index (χ0) is 10.1. The molecule has 0 saturated carbocycles. The van der Waals surface area contributed by atoms with E-state index in [1.54, 1.807) is 0 Å². The van der Waals surface area contributed by atoms with Gasteiger partial charge in [-0.15, -0.1) is 0 Å². The monoisotopic (exact) mass is 192 g/mol. The Balaban J connectivity index is 2.58. The summed E-state index contributed by atoms with van der Waals surface area (Å²) in [6.45, 7) is 1.92. The van der Waals surface area contributed by atoms with Gasteiger partial charge in [0.05, 0.1) is 5.52 Å². The second-order valence-electron chi connectivity index (χ2n) is 3.49. The Bertz CT molecular complexity index is 496. The molecular weight excluding hydrogens is 180 g/mol. The lowest BCUT2D eigenvalue weighted by molar-refractivity contribution is 0.550. The molecule has 0 spiro atoms. The number of benzene rings is 1. The molecule has 0 aliphatic carbocycles. The van der Waals surface area contributed by atoms with Gasteiger partial charge in [-0.1, -0.05) is 12.1 Å². The van der Waals surface area contributed by atoms with Crippen LogP contribution in [0.3, 0.4) is 0 Å². The molecule has 1 heterocycles. The maximum Gasteiger partial charge on any atom is 0.417 e. The molecule has 4 nitrogen and oxygen atoms in total. The van der Waals surface area contributed by atoms with Crippen LogP contribution in [0.15, 0.2) is 27.4 Å². The van der Waals surface area contributed by atoms with E-state index in [0.717, 1.165) is 11.1 Å². The normalized spacial score (nSPS) is 13.3. The molecule has 4 heteroatoms. The fourth-order valence-corrected chi connectivity index (χ4v) is 1.54. The van der Waals surface area contributed by atoms with Crippen LogP contribution in [0.4, 0.5) is 0 Å². The SMILES string of the molecule is CC(N)Cc1cccc2[nH]c(=O)oc12. The van der Waals surface area contributed by atoms with Crippen LogP contribution in [0.2, 0.25) is 0 Å². The molecular formula is C10H12N2O2. The molecule has 0 radical (unpaired) electrons. The Morgan fingerprint density at radius 3 is 3.07 bits per heavy atom. The van der Waals surface area contributed by atoms with Crippen LogP contribution in [-0.4, -0.2) is 11.0 Å². The van der Waals surface area contributed by atoms with Crippen LogP contribution >= 0.6 is 0 Å². The summed E-state index contributed by atoms with van der Waals surface area (Å²) in [6, 6.07) is 5.67. The standard InChI is InChI=1S/C10H12N2O2/c1-6(11)5-7-3-2-4-8-9(7)14-10(13)12-8/h2-4,6H,5,11H2,1H3,(H,12,13). The van der Waals surface area contributed by atoms with Crippen LogP contribution in [0, 0.1) is 0 Å². The largest absolute Gasteiger partial charge is 0.417 e. The first-order valence-electron chi connectivity index (χ1n) is 4.53. The summed E-state index contributed by atoms with van der Waals surface area (Å²) in [4.78, 5) is 13.6. The summed E-state index contributed by atoms with van der Waals surface area (Å²) in [6.07, 6.45) is 0.706. The number of rotatable bonds is 2. The summed E-state index contributed by atoms with van der Waals surface area (Å²) < 4.78 is 5.03. The van der Waals surface area contributed by atoms with Crippen LogP contribution in [0.1, 0.15) is 12.5 Å². The van der Waals surface area contributed by atoms with Crippen molar-refractivity contribution in [2.45, 2.75) is 19.4 Å². The molecule has 0 fully saturated rings. The molecule has 1 unspecified atom stereocenters. The molecule has 3 N–H and O–H groups in total. The predicted molar refractivity (Wildman–Crippen MR) is 54.2 cm³/mol. The van der Waals surface area contributed by atoms with Gasteiger partial charge in [0.2, 0.25) is 0 Å². The molecule has 0 aliphatic rings. The van der Waals surface area contributed by atoms with E-state index in [4.69, 9.17) is 10.2 Å². The Kier molecular flexibility index (Phi) is 2.13. The fourth-order valence-electron chi connectivity index (χ4n) is 1.54. The summed E-state index contributed by atoms with van der Waals surface area (Å²) in [5.74, 6) is -0.419. The van der Waals surface area contributed by atoms with Gasteiger partial charge in [-0.2, -0.15) is 0 Å².